The number of rotatable bonds is 8. The molecule has 3 rings (SSSR count). The van der Waals surface area contributed by atoms with Crippen molar-refractivity contribution in [1.82, 2.24) is 15.5 Å². The summed E-state index contributed by atoms with van der Waals surface area (Å²) in [5.74, 6) is 1.71. The maximum Gasteiger partial charge on any atom is 0.191 e. The lowest BCUT2D eigenvalue weighted by atomic mass is 10.0. The predicted molar refractivity (Wildman–Crippen MR) is 123 cm³/mol. The zero-order valence-corrected chi connectivity index (χ0v) is 19.2. The molecule has 1 aromatic carbocycles. The Balaban J connectivity index is 0.00000261. The standard InChI is InChI=1S/C20H31ClN4O.HI/c1-22-20(23-10-13-26-15-17-2-3-17)24-19-8-11-25(12-9-19)14-16-4-6-18(21)7-5-16;/h4-7,17,19H,2-3,8-15H2,1H3,(H2,22,23,24);1H. The van der Waals surface area contributed by atoms with Crippen molar-refractivity contribution < 1.29 is 4.74 Å². The van der Waals surface area contributed by atoms with Gasteiger partial charge in [0.15, 0.2) is 5.96 Å². The summed E-state index contributed by atoms with van der Waals surface area (Å²) in [5.41, 5.74) is 1.32. The number of aliphatic imine (C=N–C) groups is 1. The van der Waals surface area contributed by atoms with E-state index in [1.807, 2.05) is 19.2 Å². The third-order valence-corrected chi connectivity index (χ3v) is 5.31. The second-order valence-corrected chi connectivity index (χ2v) is 7.77. The van der Waals surface area contributed by atoms with Gasteiger partial charge in [-0.25, -0.2) is 0 Å². The first-order valence-electron chi connectivity index (χ1n) is 9.74. The van der Waals surface area contributed by atoms with E-state index in [0.717, 1.165) is 69.1 Å². The Labute approximate surface area is 185 Å². The first-order valence-corrected chi connectivity index (χ1v) is 10.1. The minimum atomic E-state index is 0. The van der Waals surface area contributed by atoms with Gasteiger partial charge in [0.2, 0.25) is 0 Å². The highest BCUT2D eigenvalue weighted by Crippen LogP contribution is 2.28. The van der Waals surface area contributed by atoms with Gasteiger partial charge < -0.3 is 15.4 Å². The van der Waals surface area contributed by atoms with Crippen LogP contribution < -0.4 is 10.6 Å². The normalized spacial score (nSPS) is 18.8. The van der Waals surface area contributed by atoms with Crippen LogP contribution in [0.5, 0.6) is 0 Å². The third-order valence-electron chi connectivity index (χ3n) is 5.06. The topological polar surface area (TPSA) is 48.9 Å². The number of hydrogen-bond donors (Lipinski definition) is 2. The first-order chi connectivity index (χ1) is 12.7. The van der Waals surface area contributed by atoms with E-state index in [4.69, 9.17) is 16.3 Å². The van der Waals surface area contributed by atoms with Crippen LogP contribution in [0.3, 0.4) is 0 Å². The van der Waals surface area contributed by atoms with Gasteiger partial charge in [-0.15, -0.1) is 24.0 Å². The molecule has 7 heteroatoms. The lowest BCUT2D eigenvalue weighted by Crippen LogP contribution is -2.49. The molecular weight excluding hydrogens is 475 g/mol. The molecule has 1 saturated carbocycles. The molecule has 2 N–H and O–H groups in total. The molecule has 0 bridgehead atoms. The van der Waals surface area contributed by atoms with Crippen molar-refractivity contribution in [2.75, 3.05) is 39.9 Å². The molecule has 0 radical (unpaired) electrons. The Hall–Kier alpha value is -0.570. The molecule has 1 aliphatic carbocycles. The average molecular weight is 507 g/mol. The number of benzene rings is 1. The van der Waals surface area contributed by atoms with Crippen LogP contribution in [0.4, 0.5) is 0 Å². The van der Waals surface area contributed by atoms with E-state index in [-0.39, 0.29) is 24.0 Å². The summed E-state index contributed by atoms with van der Waals surface area (Å²) in [5, 5.41) is 7.70. The van der Waals surface area contributed by atoms with E-state index in [2.05, 4.69) is 32.7 Å². The van der Waals surface area contributed by atoms with Crippen molar-refractivity contribution in [3.63, 3.8) is 0 Å². The molecule has 0 atom stereocenters. The minimum Gasteiger partial charge on any atom is -0.379 e. The predicted octanol–water partition coefficient (Wildman–Crippen LogP) is 3.51. The molecule has 152 valence electrons. The number of hydrogen-bond acceptors (Lipinski definition) is 3. The Morgan fingerprint density at radius 1 is 1.19 bits per heavy atom. The number of ether oxygens (including phenoxy) is 1. The lowest BCUT2D eigenvalue weighted by molar-refractivity contribution is 0.129. The summed E-state index contributed by atoms with van der Waals surface area (Å²) in [4.78, 5) is 6.84. The SMILES string of the molecule is CN=C(NCCOCC1CC1)NC1CCN(Cc2ccc(Cl)cc2)CC1.I. The van der Waals surface area contributed by atoms with E-state index in [9.17, 15) is 0 Å². The summed E-state index contributed by atoms with van der Waals surface area (Å²) in [7, 11) is 1.83. The Morgan fingerprint density at radius 3 is 2.52 bits per heavy atom. The monoisotopic (exact) mass is 506 g/mol. The van der Waals surface area contributed by atoms with Crippen LogP contribution in [-0.4, -0.2) is 56.8 Å². The van der Waals surface area contributed by atoms with Crippen LogP contribution in [0.15, 0.2) is 29.3 Å². The molecule has 5 nitrogen and oxygen atoms in total. The van der Waals surface area contributed by atoms with E-state index >= 15 is 0 Å². The summed E-state index contributed by atoms with van der Waals surface area (Å²) in [6.45, 7) is 5.66. The molecule has 0 aromatic heterocycles. The summed E-state index contributed by atoms with van der Waals surface area (Å²) in [6.07, 6.45) is 4.94. The Morgan fingerprint density at radius 2 is 1.89 bits per heavy atom. The Bertz CT molecular complexity index is 572. The number of piperidine rings is 1. The van der Waals surface area contributed by atoms with Crippen molar-refractivity contribution in [3.8, 4) is 0 Å². The maximum atomic E-state index is 5.96. The largest absolute Gasteiger partial charge is 0.379 e. The van der Waals surface area contributed by atoms with Crippen LogP contribution in [0, 0.1) is 5.92 Å². The van der Waals surface area contributed by atoms with E-state index in [1.54, 1.807) is 0 Å². The quantitative estimate of drug-likeness (QED) is 0.245. The van der Waals surface area contributed by atoms with Gasteiger partial charge in [0, 0.05) is 50.9 Å². The van der Waals surface area contributed by atoms with Crippen LogP contribution in [0.2, 0.25) is 5.02 Å². The van der Waals surface area contributed by atoms with Crippen molar-refractivity contribution in [1.29, 1.82) is 0 Å². The average Bonchev–Trinajstić information content (AvgIpc) is 3.48. The summed E-state index contributed by atoms with van der Waals surface area (Å²) >= 11 is 5.96. The Kier molecular flexibility index (Phi) is 10.2. The van der Waals surface area contributed by atoms with Crippen LogP contribution in [0.25, 0.3) is 0 Å². The fourth-order valence-electron chi connectivity index (χ4n) is 3.25. The van der Waals surface area contributed by atoms with Crippen LogP contribution in [-0.2, 0) is 11.3 Å². The van der Waals surface area contributed by atoms with Gasteiger partial charge in [0.05, 0.1) is 6.61 Å². The highest BCUT2D eigenvalue weighted by molar-refractivity contribution is 14.0. The van der Waals surface area contributed by atoms with Gasteiger partial charge in [0.1, 0.15) is 0 Å². The minimum absolute atomic E-state index is 0. The second kappa shape index (κ2) is 12.1. The van der Waals surface area contributed by atoms with Gasteiger partial charge in [0.25, 0.3) is 0 Å². The molecule has 0 amide bonds. The third kappa shape index (κ3) is 8.54. The fourth-order valence-corrected chi connectivity index (χ4v) is 3.37. The second-order valence-electron chi connectivity index (χ2n) is 7.34. The fraction of sp³-hybridized carbons (Fsp3) is 0.650. The van der Waals surface area contributed by atoms with Gasteiger partial charge in [-0.3, -0.25) is 9.89 Å². The molecular formula is C20H32ClIN4O. The zero-order valence-electron chi connectivity index (χ0n) is 16.1. The van der Waals surface area contributed by atoms with Crippen molar-refractivity contribution in [2.24, 2.45) is 10.9 Å². The molecule has 1 aliphatic heterocycles. The molecule has 1 saturated heterocycles. The summed E-state index contributed by atoms with van der Waals surface area (Å²) in [6, 6.07) is 8.65. The van der Waals surface area contributed by atoms with Gasteiger partial charge in [-0.2, -0.15) is 0 Å². The molecule has 1 aromatic rings. The molecule has 2 aliphatic rings. The highest BCUT2D eigenvalue weighted by Gasteiger charge is 2.21. The smallest absolute Gasteiger partial charge is 0.191 e. The van der Waals surface area contributed by atoms with Crippen LogP contribution in [0.1, 0.15) is 31.2 Å². The number of guanidine groups is 1. The van der Waals surface area contributed by atoms with Gasteiger partial charge >= 0.3 is 0 Å². The van der Waals surface area contributed by atoms with Crippen molar-refractivity contribution in [2.45, 2.75) is 38.3 Å². The van der Waals surface area contributed by atoms with Gasteiger partial charge in [-0.1, -0.05) is 23.7 Å². The number of nitrogens with one attached hydrogen (secondary N) is 2. The highest BCUT2D eigenvalue weighted by atomic mass is 127. The first kappa shape index (κ1) is 22.7. The van der Waals surface area contributed by atoms with Crippen molar-refractivity contribution >= 4 is 41.5 Å². The number of likely N-dealkylation sites (tertiary alicyclic amines) is 1. The lowest BCUT2D eigenvalue weighted by Gasteiger charge is -2.33. The summed E-state index contributed by atoms with van der Waals surface area (Å²) < 4.78 is 5.66. The molecule has 27 heavy (non-hydrogen) atoms. The molecule has 2 fully saturated rings. The van der Waals surface area contributed by atoms with E-state index < -0.39 is 0 Å². The maximum absolute atomic E-state index is 5.96. The molecule has 1 heterocycles. The number of halogens is 2. The van der Waals surface area contributed by atoms with E-state index in [1.165, 1.54) is 18.4 Å². The van der Waals surface area contributed by atoms with Crippen LogP contribution >= 0.6 is 35.6 Å². The molecule has 0 unspecified atom stereocenters. The van der Waals surface area contributed by atoms with Crippen molar-refractivity contribution in [3.05, 3.63) is 34.9 Å². The van der Waals surface area contributed by atoms with E-state index in [0.29, 0.717) is 6.04 Å². The zero-order chi connectivity index (χ0) is 18.2. The van der Waals surface area contributed by atoms with Gasteiger partial charge in [-0.05, 0) is 49.3 Å². The molecule has 0 spiro atoms. The number of nitrogens with zero attached hydrogens (tertiary/aromatic N) is 2.